The molecule has 1 aliphatic heterocycles. The lowest BCUT2D eigenvalue weighted by atomic mass is 9.91. The third kappa shape index (κ3) is 3.15. The van der Waals surface area contributed by atoms with Crippen molar-refractivity contribution in [2.24, 2.45) is 11.7 Å². The molecule has 2 fully saturated rings. The zero-order valence-corrected chi connectivity index (χ0v) is 12.7. The Balaban J connectivity index is 0.00000147. The molecule has 2 heterocycles. The van der Waals surface area contributed by atoms with Crippen LogP contribution in [0.3, 0.4) is 0 Å². The number of rotatable bonds is 3. The first-order chi connectivity index (χ1) is 9.15. The predicted octanol–water partition coefficient (Wildman–Crippen LogP) is 1.91. The molecule has 1 amide bonds. The largest absolute Gasteiger partial charge is 0.337 e. The highest BCUT2D eigenvalue weighted by atomic mass is 35.5. The topological polar surface area (TPSA) is 75.0 Å². The summed E-state index contributed by atoms with van der Waals surface area (Å²) >= 11 is 0. The fraction of sp³-hybridized carbons (Fsp3) is 0.714. The Morgan fingerprint density at radius 2 is 2.05 bits per heavy atom. The number of likely N-dealkylation sites (tertiary alicyclic amines) is 1. The number of piperidine rings is 1. The number of carbonyl (C=O) groups excluding carboxylic acids is 1. The van der Waals surface area contributed by atoms with E-state index >= 15 is 0 Å². The molecule has 1 aromatic rings. The molecule has 1 atom stereocenters. The summed E-state index contributed by atoms with van der Waals surface area (Å²) in [5, 5.41) is 7.16. The van der Waals surface area contributed by atoms with Crippen molar-refractivity contribution in [3.63, 3.8) is 0 Å². The van der Waals surface area contributed by atoms with E-state index in [1.165, 1.54) is 12.8 Å². The van der Waals surface area contributed by atoms with Gasteiger partial charge in [0.2, 0.25) is 0 Å². The van der Waals surface area contributed by atoms with Gasteiger partial charge in [-0.25, -0.2) is 0 Å². The molecule has 6 heteroatoms. The molecular weight excluding hydrogens is 276 g/mol. The van der Waals surface area contributed by atoms with Crippen LogP contribution in [0.15, 0.2) is 6.07 Å². The molecule has 0 radical (unpaired) electrons. The van der Waals surface area contributed by atoms with E-state index in [2.05, 4.69) is 17.1 Å². The Hall–Kier alpha value is -1.07. The first-order valence-electron chi connectivity index (χ1n) is 7.25. The van der Waals surface area contributed by atoms with Crippen LogP contribution in [0, 0.1) is 5.92 Å². The summed E-state index contributed by atoms with van der Waals surface area (Å²) in [6.45, 7) is 3.66. The minimum absolute atomic E-state index is 0. The minimum atomic E-state index is 0. The molecule has 0 spiro atoms. The molecule has 20 heavy (non-hydrogen) atoms. The van der Waals surface area contributed by atoms with E-state index in [9.17, 15) is 4.79 Å². The molecule has 1 unspecified atom stereocenters. The van der Waals surface area contributed by atoms with Gasteiger partial charge in [-0.3, -0.25) is 9.89 Å². The van der Waals surface area contributed by atoms with Crippen LogP contribution in [0.2, 0.25) is 0 Å². The molecule has 1 aromatic heterocycles. The van der Waals surface area contributed by atoms with Crippen molar-refractivity contribution in [2.45, 2.75) is 44.6 Å². The number of hydrogen-bond acceptors (Lipinski definition) is 3. The van der Waals surface area contributed by atoms with E-state index in [-0.39, 0.29) is 24.4 Å². The lowest BCUT2D eigenvalue weighted by Gasteiger charge is -2.33. The Kier molecular flexibility index (Phi) is 4.70. The summed E-state index contributed by atoms with van der Waals surface area (Å²) in [4.78, 5) is 14.3. The number of aromatic nitrogens is 2. The van der Waals surface area contributed by atoms with Gasteiger partial charge in [-0.2, -0.15) is 5.10 Å². The molecule has 5 nitrogen and oxygen atoms in total. The second-order valence-electron chi connectivity index (χ2n) is 5.97. The summed E-state index contributed by atoms with van der Waals surface area (Å²) < 4.78 is 0. The van der Waals surface area contributed by atoms with Gasteiger partial charge in [-0.15, -0.1) is 12.4 Å². The zero-order chi connectivity index (χ0) is 13.4. The van der Waals surface area contributed by atoms with Crippen LogP contribution in [0.4, 0.5) is 0 Å². The lowest BCUT2D eigenvalue weighted by molar-refractivity contribution is 0.0675. The molecule has 0 bridgehead atoms. The first-order valence-corrected chi connectivity index (χ1v) is 7.25. The van der Waals surface area contributed by atoms with Crippen molar-refractivity contribution < 1.29 is 4.79 Å². The van der Waals surface area contributed by atoms with Gasteiger partial charge in [0, 0.05) is 30.7 Å². The maximum Gasteiger partial charge on any atom is 0.274 e. The van der Waals surface area contributed by atoms with Crippen molar-refractivity contribution in [2.75, 3.05) is 13.1 Å². The van der Waals surface area contributed by atoms with Crippen molar-refractivity contribution in [3.05, 3.63) is 17.5 Å². The number of halogens is 1. The summed E-state index contributed by atoms with van der Waals surface area (Å²) in [6.07, 6.45) is 4.44. The number of amides is 1. The normalized spacial score (nSPS) is 21.4. The number of aromatic amines is 1. The van der Waals surface area contributed by atoms with Gasteiger partial charge in [-0.1, -0.05) is 0 Å². The number of H-pyrrole nitrogens is 1. The summed E-state index contributed by atoms with van der Waals surface area (Å²) in [6, 6.07) is 2.15. The van der Waals surface area contributed by atoms with E-state index in [0.717, 1.165) is 31.6 Å². The molecule has 0 aromatic carbocycles. The highest BCUT2D eigenvalue weighted by Gasteiger charge is 2.29. The van der Waals surface area contributed by atoms with Gasteiger partial charge < -0.3 is 10.6 Å². The number of nitrogens with two attached hydrogens (primary N) is 1. The third-order valence-electron chi connectivity index (χ3n) is 4.40. The van der Waals surface area contributed by atoms with Crippen LogP contribution < -0.4 is 5.73 Å². The molecule has 112 valence electrons. The fourth-order valence-electron chi connectivity index (χ4n) is 2.84. The van der Waals surface area contributed by atoms with Gasteiger partial charge >= 0.3 is 0 Å². The quantitative estimate of drug-likeness (QED) is 0.895. The Labute approximate surface area is 125 Å². The van der Waals surface area contributed by atoms with Crippen LogP contribution in [0.25, 0.3) is 0 Å². The number of hydrogen-bond donors (Lipinski definition) is 2. The number of nitrogens with one attached hydrogen (secondary N) is 1. The lowest BCUT2D eigenvalue weighted by Crippen LogP contribution is -2.42. The van der Waals surface area contributed by atoms with Gasteiger partial charge in [-0.05, 0) is 44.6 Å². The van der Waals surface area contributed by atoms with Crippen LogP contribution in [-0.2, 0) is 0 Å². The summed E-state index contributed by atoms with van der Waals surface area (Å²) in [7, 11) is 0. The second-order valence-corrected chi connectivity index (χ2v) is 5.97. The third-order valence-corrected chi connectivity index (χ3v) is 4.40. The van der Waals surface area contributed by atoms with Crippen molar-refractivity contribution in [3.8, 4) is 0 Å². The highest BCUT2D eigenvalue weighted by molar-refractivity contribution is 5.92. The fourth-order valence-corrected chi connectivity index (χ4v) is 2.84. The standard InChI is InChI=1S/C14H22N4O.ClH/c1-9(15)10-4-6-18(7-5-10)14(19)13-8-12(16-17-13)11-2-3-11;/h8-11H,2-7,15H2,1H3,(H,16,17);1H. The van der Waals surface area contributed by atoms with E-state index in [1.54, 1.807) is 0 Å². The van der Waals surface area contributed by atoms with Gasteiger partial charge in [0.05, 0.1) is 0 Å². The number of nitrogens with zero attached hydrogens (tertiary/aromatic N) is 2. The van der Waals surface area contributed by atoms with Crippen LogP contribution in [0.5, 0.6) is 0 Å². The first kappa shape index (κ1) is 15.3. The molecule has 1 saturated heterocycles. The maximum absolute atomic E-state index is 12.3. The zero-order valence-electron chi connectivity index (χ0n) is 11.8. The number of carbonyl (C=O) groups is 1. The smallest absolute Gasteiger partial charge is 0.274 e. The molecule has 3 rings (SSSR count). The second kappa shape index (κ2) is 6.14. The monoisotopic (exact) mass is 298 g/mol. The van der Waals surface area contributed by atoms with E-state index in [4.69, 9.17) is 5.73 Å². The highest BCUT2D eigenvalue weighted by Crippen LogP contribution is 2.39. The molecule has 1 aliphatic carbocycles. The van der Waals surface area contributed by atoms with Crippen LogP contribution >= 0.6 is 12.4 Å². The van der Waals surface area contributed by atoms with E-state index < -0.39 is 0 Å². The average Bonchev–Trinajstić information content (AvgIpc) is 3.16. The summed E-state index contributed by atoms with van der Waals surface area (Å²) in [5.41, 5.74) is 7.61. The molecule has 2 aliphatic rings. The van der Waals surface area contributed by atoms with Gasteiger partial charge in [0.15, 0.2) is 0 Å². The average molecular weight is 299 g/mol. The van der Waals surface area contributed by atoms with Gasteiger partial charge in [0.25, 0.3) is 5.91 Å². The molecular formula is C14H23ClN4O. The summed E-state index contributed by atoms with van der Waals surface area (Å²) in [5.74, 6) is 1.22. The van der Waals surface area contributed by atoms with Crippen molar-refractivity contribution in [1.29, 1.82) is 0 Å². The van der Waals surface area contributed by atoms with Crippen LogP contribution in [0.1, 0.15) is 54.7 Å². The molecule has 3 N–H and O–H groups in total. The Morgan fingerprint density at radius 1 is 1.40 bits per heavy atom. The Morgan fingerprint density at radius 3 is 2.60 bits per heavy atom. The Bertz CT molecular complexity index is 461. The predicted molar refractivity (Wildman–Crippen MR) is 80.1 cm³/mol. The van der Waals surface area contributed by atoms with E-state index in [1.807, 2.05) is 11.0 Å². The van der Waals surface area contributed by atoms with Crippen molar-refractivity contribution >= 4 is 18.3 Å². The molecule has 1 saturated carbocycles. The van der Waals surface area contributed by atoms with Crippen molar-refractivity contribution in [1.82, 2.24) is 15.1 Å². The van der Waals surface area contributed by atoms with E-state index in [0.29, 0.717) is 17.5 Å². The minimum Gasteiger partial charge on any atom is -0.337 e. The SMILES string of the molecule is CC(N)C1CCN(C(=O)c2cc(C3CC3)[nH]n2)CC1.Cl. The maximum atomic E-state index is 12.3. The van der Waals surface area contributed by atoms with Gasteiger partial charge in [0.1, 0.15) is 5.69 Å². The van der Waals surface area contributed by atoms with Crippen LogP contribution in [-0.4, -0.2) is 40.1 Å².